The molecule has 9 heteroatoms. The molecule has 7 nitrogen and oxygen atoms in total. The van der Waals surface area contributed by atoms with Crippen LogP contribution in [0.1, 0.15) is 0 Å². The highest BCUT2D eigenvalue weighted by Gasteiger charge is 2.29. The van der Waals surface area contributed by atoms with Crippen LogP contribution < -0.4 is 10.1 Å². The van der Waals surface area contributed by atoms with Crippen molar-refractivity contribution in [1.82, 2.24) is 4.31 Å². The largest absolute Gasteiger partial charge is 0.484 e. The first-order valence-electron chi connectivity index (χ1n) is 8.32. The Morgan fingerprint density at radius 2 is 1.85 bits per heavy atom. The predicted octanol–water partition coefficient (Wildman–Crippen LogP) is 1.86. The lowest BCUT2D eigenvalue weighted by atomic mass is 10.3. The first-order chi connectivity index (χ1) is 13.0. The molecule has 2 aromatic rings. The van der Waals surface area contributed by atoms with Crippen molar-refractivity contribution >= 4 is 21.6 Å². The van der Waals surface area contributed by atoms with E-state index in [4.69, 9.17) is 9.47 Å². The lowest BCUT2D eigenvalue weighted by Crippen LogP contribution is -2.40. The number of amides is 1. The second kappa shape index (κ2) is 8.47. The van der Waals surface area contributed by atoms with Gasteiger partial charge < -0.3 is 14.8 Å². The quantitative estimate of drug-likeness (QED) is 0.809. The van der Waals surface area contributed by atoms with Crippen LogP contribution in [0.3, 0.4) is 0 Å². The first kappa shape index (κ1) is 19.3. The number of nitrogens with one attached hydrogen (secondary N) is 1. The number of para-hydroxylation sites is 1. The van der Waals surface area contributed by atoms with E-state index >= 15 is 0 Å². The summed E-state index contributed by atoms with van der Waals surface area (Å²) in [6.07, 6.45) is 0. The van der Waals surface area contributed by atoms with Gasteiger partial charge >= 0.3 is 0 Å². The van der Waals surface area contributed by atoms with Crippen LogP contribution in [0, 0.1) is 5.82 Å². The maximum absolute atomic E-state index is 14.2. The van der Waals surface area contributed by atoms with Crippen LogP contribution in [-0.4, -0.2) is 51.5 Å². The molecule has 1 aliphatic heterocycles. The molecule has 27 heavy (non-hydrogen) atoms. The number of ether oxygens (including phenoxy) is 2. The number of nitrogens with zero attached hydrogens (tertiary/aromatic N) is 1. The Hall–Kier alpha value is -2.49. The van der Waals surface area contributed by atoms with Crippen molar-refractivity contribution in [2.75, 3.05) is 38.2 Å². The van der Waals surface area contributed by atoms with Gasteiger partial charge in [0, 0.05) is 18.8 Å². The van der Waals surface area contributed by atoms with Gasteiger partial charge in [-0.05, 0) is 30.3 Å². The molecule has 0 spiro atoms. The summed E-state index contributed by atoms with van der Waals surface area (Å²) < 4.78 is 51.1. The Morgan fingerprint density at radius 1 is 1.15 bits per heavy atom. The second-order valence-electron chi connectivity index (χ2n) is 5.81. The van der Waals surface area contributed by atoms with Gasteiger partial charge in [-0.15, -0.1) is 0 Å². The van der Waals surface area contributed by atoms with E-state index in [0.717, 1.165) is 12.1 Å². The normalized spacial score (nSPS) is 15.3. The lowest BCUT2D eigenvalue weighted by Gasteiger charge is -2.26. The number of sulfonamides is 1. The van der Waals surface area contributed by atoms with Crippen molar-refractivity contribution in [2.45, 2.75) is 4.90 Å². The number of carbonyl (C=O) groups excluding carboxylic acids is 1. The van der Waals surface area contributed by atoms with Crippen LogP contribution in [0.5, 0.6) is 5.75 Å². The summed E-state index contributed by atoms with van der Waals surface area (Å²) in [6.45, 7) is 0.571. The third kappa shape index (κ3) is 4.82. The van der Waals surface area contributed by atoms with Gasteiger partial charge in [-0.25, -0.2) is 12.8 Å². The predicted molar refractivity (Wildman–Crippen MR) is 96.5 cm³/mol. The Labute approximate surface area is 156 Å². The van der Waals surface area contributed by atoms with Crippen LogP contribution >= 0.6 is 0 Å². The number of carbonyl (C=O) groups is 1. The number of hydrogen-bond donors (Lipinski definition) is 1. The van der Waals surface area contributed by atoms with Gasteiger partial charge in [-0.2, -0.15) is 4.31 Å². The number of rotatable bonds is 6. The van der Waals surface area contributed by atoms with Crippen LogP contribution in [0.4, 0.5) is 10.1 Å². The molecule has 0 bridgehead atoms. The maximum atomic E-state index is 14.2. The van der Waals surface area contributed by atoms with Crippen molar-refractivity contribution in [3.63, 3.8) is 0 Å². The molecule has 1 fully saturated rings. The molecule has 1 amide bonds. The van der Waals surface area contributed by atoms with Gasteiger partial charge in [-0.1, -0.05) is 18.2 Å². The fraction of sp³-hybridized carbons (Fsp3) is 0.278. The van der Waals surface area contributed by atoms with E-state index in [1.54, 1.807) is 24.3 Å². The summed E-state index contributed by atoms with van der Waals surface area (Å²) in [5.41, 5.74) is 0.171. The molecule has 1 aliphatic rings. The summed E-state index contributed by atoms with van der Waals surface area (Å²) in [5, 5.41) is 2.52. The summed E-state index contributed by atoms with van der Waals surface area (Å²) in [5.74, 6) is -0.831. The van der Waals surface area contributed by atoms with E-state index in [2.05, 4.69) is 5.32 Å². The smallest absolute Gasteiger partial charge is 0.262 e. The van der Waals surface area contributed by atoms with Gasteiger partial charge in [0.25, 0.3) is 5.91 Å². The Balaban J connectivity index is 1.70. The highest BCUT2D eigenvalue weighted by molar-refractivity contribution is 7.89. The van der Waals surface area contributed by atoms with Gasteiger partial charge in [0.1, 0.15) is 16.5 Å². The highest BCUT2D eigenvalue weighted by Crippen LogP contribution is 2.24. The van der Waals surface area contributed by atoms with Gasteiger partial charge in [0.05, 0.1) is 13.2 Å². The van der Waals surface area contributed by atoms with Crippen molar-refractivity contribution in [3.05, 3.63) is 54.3 Å². The summed E-state index contributed by atoms with van der Waals surface area (Å²) in [7, 11) is -4.01. The summed E-state index contributed by atoms with van der Waals surface area (Å²) in [6, 6.07) is 12.2. The lowest BCUT2D eigenvalue weighted by molar-refractivity contribution is -0.118. The first-order valence-corrected chi connectivity index (χ1v) is 9.76. The van der Waals surface area contributed by atoms with Crippen LogP contribution in [0.25, 0.3) is 0 Å². The molecule has 1 heterocycles. The monoisotopic (exact) mass is 394 g/mol. The summed E-state index contributed by atoms with van der Waals surface area (Å²) >= 11 is 0. The zero-order chi connectivity index (χ0) is 19.3. The second-order valence-corrected chi connectivity index (χ2v) is 7.72. The standard InChI is InChI=1S/C18H19FN2O5S/c19-16-7-6-14(20-18(22)13-26-15-4-2-1-3-5-15)12-17(16)27(23,24)21-8-10-25-11-9-21/h1-7,12H,8-11,13H2,(H,20,22). The zero-order valence-corrected chi connectivity index (χ0v) is 15.2. The zero-order valence-electron chi connectivity index (χ0n) is 14.4. The number of anilines is 1. The molecule has 0 saturated carbocycles. The Bertz CT molecular complexity index is 899. The molecule has 0 aromatic heterocycles. The summed E-state index contributed by atoms with van der Waals surface area (Å²) in [4.78, 5) is 11.5. The van der Waals surface area contributed by atoms with Gasteiger partial charge in [0.2, 0.25) is 10.0 Å². The number of benzene rings is 2. The fourth-order valence-electron chi connectivity index (χ4n) is 2.57. The van der Waals surface area contributed by atoms with Gasteiger partial charge in [-0.3, -0.25) is 4.79 Å². The Morgan fingerprint density at radius 3 is 2.56 bits per heavy atom. The molecule has 1 N–H and O–H groups in total. The molecule has 0 unspecified atom stereocenters. The van der Waals surface area contributed by atoms with Crippen LogP contribution in [-0.2, 0) is 19.6 Å². The average molecular weight is 394 g/mol. The van der Waals surface area contributed by atoms with E-state index in [-0.39, 0.29) is 38.6 Å². The molecular formula is C18H19FN2O5S. The third-order valence-corrected chi connectivity index (χ3v) is 5.83. The fourth-order valence-corrected chi connectivity index (χ4v) is 4.07. The third-order valence-electron chi connectivity index (χ3n) is 3.92. The van der Waals surface area contributed by atoms with Crippen LogP contribution in [0.15, 0.2) is 53.4 Å². The molecule has 0 aliphatic carbocycles. The van der Waals surface area contributed by atoms with Gasteiger partial charge in [0.15, 0.2) is 6.61 Å². The van der Waals surface area contributed by atoms with Crippen LogP contribution in [0.2, 0.25) is 0 Å². The SMILES string of the molecule is O=C(COc1ccccc1)Nc1ccc(F)c(S(=O)(=O)N2CCOCC2)c1. The van der Waals surface area contributed by atoms with Crippen molar-refractivity contribution < 1.29 is 27.1 Å². The maximum Gasteiger partial charge on any atom is 0.262 e. The minimum absolute atomic E-state index is 0.156. The minimum atomic E-state index is -4.01. The van der Waals surface area contributed by atoms with Crippen molar-refractivity contribution in [1.29, 1.82) is 0 Å². The molecular weight excluding hydrogens is 375 g/mol. The molecule has 144 valence electrons. The molecule has 3 rings (SSSR count). The highest BCUT2D eigenvalue weighted by atomic mass is 32.2. The Kier molecular flexibility index (Phi) is 6.04. The van der Waals surface area contributed by atoms with E-state index in [0.29, 0.717) is 5.75 Å². The van der Waals surface area contributed by atoms with E-state index in [9.17, 15) is 17.6 Å². The molecule has 1 saturated heterocycles. The number of hydrogen-bond acceptors (Lipinski definition) is 5. The average Bonchev–Trinajstić information content (AvgIpc) is 2.69. The van der Waals surface area contributed by atoms with Crippen molar-refractivity contribution in [3.8, 4) is 5.75 Å². The molecule has 0 atom stereocenters. The van der Waals surface area contributed by atoms with E-state index in [1.807, 2.05) is 6.07 Å². The topological polar surface area (TPSA) is 84.9 Å². The molecule has 2 aromatic carbocycles. The molecule has 0 radical (unpaired) electrons. The van der Waals surface area contributed by atoms with E-state index in [1.165, 1.54) is 10.4 Å². The van der Waals surface area contributed by atoms with Crippen molar-refractivity contribution in [2.24, 2.45) is 0 Å². The number of morpholine rings is 1. The van der Waals surface area contributed by atoms with E-state index < -0.39 is 26.6 Å². The number of halogens is 1. The minimum Gasteiger partial charge on any atom is -0.484 e.